The lowest BCUT2D eigenvalue weighted by molar-refractivity contribution is -0.196. The number of rotatable bonds is 7. The van der Waals surface area contributed by atoms with E-state index in [9.17, 15) is 14.7 Å². The van der Waals surface area contributed by atoms with E-state index in [1.165, 1.54) is 0 Å². The van der Waals surface area contributed by atoms with Crippen molar-refractivity contribution in [1.29, 1.82) is 0 Å². The predicted octanol–water partition coefficient (Wildman–Crippen LogP) is 3.52. The Hall–Kier alpha value is -1.88. The lowest BCUT2D eigenvalue weighted by Gasteiger charge is -2.58. The molecule has 5 nitrogen and oxygen atoms in total. The Balaban J connectivity index is 1.35. The van der Waals surface area contributed by atoms with Crippen molar-refractivity contribution in [2.75, 3.05) is 6.61 Å². The summed E-state index contributed by atoms with van der Waals surface area (Å²) < 4.78 is 5.49. The lowest BCUT2D eigenvalue weighted by atomic mass is 9.48. The van der Waals surface area contributed by atoms with Crippen LogP contribution in [0.3, 0.4) is 0 Å². The third-order valence-electron chi connectivity index (χ3n) is 6.91. The fraction of sp³-hybridized carbons (Fsp3) is 0.652. The van der Waals surface area contributed by atoms with E-state index in [0.29, 0.717) is 18.3 Å². The lowest BCUT2D eigenvalue weighted by Crippen LogP contribution is -2.58. The molecule has 0 radical (unpaired) electrons. The first-order chi connectivity index (χ1) is 13.4. The molecule has 4 fully saturated rings. The second-order valence-electron chi connectivity index (χ2n) is 9.36. The molecule has 1 amide bonds. The zero-order chi connectivity index (χ0) is 19.8. The van der Waals surface area contributed by atoms with Gasteiger partial charge in [-0.25, -0.2) is 0 Å². The standard InChI is InChI=1S/C23H31NO4/c1-2-6-19(18-7-4-3-5-8-18)24-20(25)14-28-21(26)22-10-16-9-17(11-22)13-23(27,12-16)15-22/h3-5,7-8,16-17,19,27H,2,6,9-15H2,1H3,(H,24,25)/t16-,17+,19-,22?,23?/m1/s1. The molecular formula is C23H31NO4. The van der Waals surface area contributed by atoms with E-state index in [-0.39, 0.29) is 24.5 Å². The Morgan fingerprint density at radius 1 is 1.18 bits per heavy atom. The van der Waals surface area contributed by atoms with Crippen LogP contribution in [0.25, 0.3) is 0 Å². The van der Waals surface area contributed by atoms with Gasteiger partial charge in [0.05, 0.1) is 17.1 Å². The number of hydrogen-bond donors (Lipinski definition) is 2. The second kappa shape index (κ2) is 7.51. The molecule has 1 aromatic carbocycles. The van der Waals surface area contributed by atoms with Gasteiger partial charge in [0.25, 0.3) is 5.91 Å². The number of esters is 1. The molecule has 4 saturated carbocycles. The molecule has 5 atom stereocenters. The van der Waals surface area contributed by atoms with Crippen LogP contribution < -0.4 is 5.32 Å². The highest BCUT2D eigenvalue weighted by Crippen LogP contribution is 2.61. The summed E-state index contributed by atoms with van der Waals surface area (Å²) in [5, 5.41) is 13.8. The molecule has 1 aromatic rings. The van der Waals surface area contributed by atoms with Crippen molar-refractivity contribution in [1.82, 2.24) is 5.32 Å². The summed E-state index contributed by atoms with van der Waals surface area (Å²) in [6.07, 6.45) is 6.63. The van der Waals surface area contributed by atoms with Gasteiger partial charge < -0.3 is 15.2 Å². The largest absolute Gasteiger partial charge is 0.455 e. The zero-order valence-electron chi connectivity index (χ0n) is 16.7. The molecule has 2 unspecified atom stereocenters. The minimum absolute atomic E-state index is 0.0716. The summed E-state index contributed by atoms with van der Waals surface area (Å²) in [4.78, 5) is 25.4. The number of hydrogen-bond acceptors (Lipinski definition) is 4. The number of nitrogens with one attached hydrogen (secondary N) is 1. The molecule has 2 N–H and O–H groups in total. The van der Waals surface area contributed by atoms with Crippen LogP contribution >= 0.6 is 0 Å². The Labute approximate surface area is 166 Å². The molecule has 0 spiro atoms. The fourth-order valence-electron chi connectivity index (χ4n) is 6.27. The molecule has 28 heavy (non-hydrogen) atoms. The summed E-state index contributed by atoms with van der Waals surface area (Å²) in [6, 6.07) is 9.81. The molecule has 0 aromatic heterocycles. The van der Waals surface area contributed by atoms with Gasteiger partial charge in [0, 0.05) is 0 Å². The van der Waals surface area contributed by atoms with Gasteiger partial charge in [0.1, 0.15) is 0 Å². The third kappa shape index (κ3) is 3.82. The van der Waals surface area contributed by atoms with Crippen molar-refractivity contribution < 1.29 is 19.4 Å². The van der Waals surface area contributed by atoms with E-state index >= 15 is 0 Å². The van der Waals surface area contributed by atoms with Gasteiger partial charge in [-0.15, -0.1) is 0 Å². The Kier molecular flexibility index (Phi) is 5.21. The van der Waals surface area contributed by atoms with Gasteiger partial charge in [-0.05, 0) is 62.3 Å². The summed E-state index contributed by atoms with van der Waals surface area (Å²) in [5.74, 6) is 0.278. The molecule has 4 aliphatic carbocycles. The molecule has 4 aliphatic rings. The number of carbonyl (C=O) groups excluding carboxylic acids is 2. The Bertz CT molecular complexity index is 717. The van der Waals surface area contributed by atoms with E-state index in [1.807, 2.05) is 30.3 Å². The minimum atomic E-state index is -0.703. The molecule has 5 heteroatoms. The number of benzene rings is 1. The number of carbonyl (C=O) groups is 2. The van der Waals surface area contributed by atoms with E-state index in [2.05, 4.69) is 12.2 Å². The van der Waals surface area contributed by atoms with Crippen molar-refractivity contribution in [2.45, 2.75) is 69.9 Å². The average Bonchev–Trinajstić information content (AvgIpc) is 2.64. The maximum atomic E-state index is 12.9. The predicted molar refractivity (Wildman–Crippen MR) is 105 cm³/mol. The zero-order valence-corrected chi connectivity index (χ0v) is 16.7. The maximum absolute atomic E-state index is 12.9. The quantitative estimate of drug-likeness (QED) is 0.704. The summed E-state index contributed by atoms with van der Waals surface area (Å²) in [7, 11) is 0. The van der Waals surface area contributed by atoms with Crippen LogP contribution in [-0.4, -0.2) is 29.2 Å². The fourth-order valence-corrected chi connectivity index (χ4v) is 6.27. The molecule has 4 bridgehead atoms. The summed E-state index contributed by atoms with van der Waals surface area (Å²) in [6.45, 7) is 1.83. The van der Waals surface area contributed by atoms with E-state index in [0.717, 1.165) is 50.5 Å². The molecule has 152 valence electrons. The van der Waals surface area contributed by atoms with Crippen molar-refractivity contribution in [3.8, 4) is 0 Å². The van der Waals surface area contributed by atoms with Crippen molar-refractivity contribution in [2.24, 2.45) is 17.3 Å². The van der Waals surface area contributed by atoms with E-state index in [1.54, 1.807) is 0 Å². The summed E-state index contributed by atoms with van der Waals surface area (Å²) >= 11 is 0. The highest BCUT2D eigenvalue weighted by molar-refractivity contribution is 5.83. The molecule has 0 heterocycles. The van der Waals surface area contributed by atoms with E-state index < -0.39 is 11.0 Å². The van der Waals surface area contributed by atoms with Gasteiger partial charge in [-0.3, -0.25) is 9.59 Å². The number of aliphatic hydroxyl groups is 1. The van der Waals surface area contributed by atoms with Crippen molar-refractivity contribution in [3.63, 3.8) is 0 Å². The van der Waals surface area contributed by atoms with Gasteiger partial charge in [0.2, 0.25) is 0 Å². The monoisotopic (exact) mass is 385 g/mol. The number of amides is 1. The first-order valence-electron chi connectivity index (χ1n) is 10.7. The highest BCUT2D eigenvalue weighted by Gasteiger charge is 2.60. The van der Waals surface area contributed by atoms with Crippen LogP contribution in [0.5, 0.6) is 0 Å². The number of ether oxygens (including phenoxy) is 1. The topological polar surface area (TPSA) is 75.6 Å². The van der Waals surface area contributed by atoms with Gasteiger partial charge in [-0.1, -0.05) is 43.7 Å². The van der Waals surface area contributed by atoms with Crippen LogP contribution in [-0.2, 0) is 14.3 Å². The van der Waals surface area contributed by atoms with Crippen molar-refractivity contribution >= 4 is 11.9 Å². The van der Waals surface area contributed by atoms with Crippen LogP contribution in [0, 0.1) is 17.3 Å². The summed E-state index contributed by atoms with van der Waals surface area (Å²) in [5.41, 5.74) is -0.223. The molecular weight excluding hydrogens is 354 g/mol. The molecule has 5 rings (SSSR count). The SMILES string of the molecule is CCC[C@@H](NC(=O)COC(=O)C12C[C@@H]3C[C@@H](CC(O)(C3)C1)C2)c1ccccc1. The smallest absolute Gasteiger partial charge is 0.312 e. The molecule has 0 aliphatic heterocycles. The van der Waals surface area contributed by atoms with E-state index in [4.69, 9.17) is 4.74 Å². The van der Waals surface area contributed by atoms with Crippen LogP contribution in [0.1, 0.15) is 69.9 Å². The Morgan fingerprint density at radius 2 is 1.86 bits per heavy atom. The average molecular weight is 386 g/mol. The Morgan fingerprint density at radius 3 is 2.46 bits per heavy atom. The van der Waals surface area contributed by atoms with Crippen molar-refractivity contribution in [3.05, 3.63) is 35.9 Å². The van der Waals surface area contributed by atoms with Gasteiger partial charge in [-0.2, -0.15) is 0 Å². The highest BCUT2D eigenvalue weighted by atomic mass is 16.5. The first kappa shape index (κ1) is 19.4. The van der Waals surface area contributed by atoms with Crippen LogP contribution in [0.15, 0.2) is 30.3 Å². The van der Waals surface area contributed by atoms with Gasteiger partial charge in [0.15, 0.2) is 6.61 Å². The maximum Gasteiger partial charge on any atom is 0.312 e. The minimum Gasteiger partial charge on any atom is -0.455 e. The molecule has 0 saturated heterocycles. The van der Waals surface area contributed by atoms with Crippen LogP contribution in [0.4, 0.5) is 0 Å². The third-order valence-corrected chi connectivity index (χ3v) is 6.91. The first-order valence-corrected chi connectivity index (χ1v) is 10.7. The van der Waals surface area contributed by atoms with Gasteiger partial charge >= 0.3 is 5.97 Å². The van der Waals surface area contributed by atoms with Crippen LogP contribution in [0.2, 0.25) is 0 Å². The second-order valence-corrected chi connectivity index (χ2v) is 9.36. The normalized spacial score (nSPS) is 34.1.